The maximum Gasteiger partial charge on any atom is 0.212 e. The fraction of sp³-hybridized carbons (Fsp3) is 0.133. The number of halogens is 1. The van der Waals surface area contributed by atoms with Gasteiger partial charge in [0, 0.05) is 29.6 Å². The Morgan fingerprint density at radius 1 is 1.10 bits per heavy atom. The summed E-state index contributed by atoms with van der Waals surface area (Å²) in [6.07, 6.45) is 1.76. The summed E-state index contributed by atoms with van der Waals surface area (Å²) in [7, 11) is 1.59. The molecule has 2 aromatic heterocycles. The third-order valence-electron chi connectivity index (χ3n) is 3.11. The zero-order valence-corrected chi connectivity index (χ0v) is 12.1. The van der Waals surface area contributed by atoms with Crippen molar-refractivity contribution in [3.05, 3.63) is 53.3 Å². The maximum atomic E-state index is 6.05. The number of rotatable bonds is 4. The fourth-order valence-corrected chi connectivity index (χ4v) is 2.23. The highest BCUT2D eigenvalue weighted by Crippen LogP contribution is 2.25. The molecule has 0 fully saturated rings. The zero-order chi connectivity index (χ0) is 14.7. The Balaban J connectivity index is 1.83. The molecule has 6 heteroatoms. The molecule has 0 saturated heterocycles. The van der Waals surface area contributed by atoms with Crippen molar-refractivity contribution in [3.63, 3.8) is 0 Å². The normalized spacial score (nSPS) is 10.6. The van der Waals surface area contributed by atoms with Crippen LogP contribution in [0.3, 0.4) is 0 Å². The van der Waals surface area contributed by atoms with Gasteiger partial charge in [0.25, 0.3) is 0 Å². The Bertz CT molecular complexity index is 761. The predicted octanol–water partition coefficient (Wildman–Crippen LogP) is 3.30. The van der Waals surface area contributed by atoms with Gasteiger partial charge in [-0.2, -0.15) is 0 Å². The molecule has 0 aliphatic carbocycles. The van der Waals surface area contributed by atoms with E-state index in [4.69, 9.17) is 16.3 Å². The average molecular weight is 301 g/mol. The summed E-state index contributed by atoms with van der Waals surface area (Å²) in [6, 6.07) is 11.5. The number of anilines is 1. The van der Waals surface area contributed by atoms with Crippen LogP contribution in [0.2, 0.25) is 5.15 Å². The fourth-order valence-electron chi connectivity index (χ4n) is 2.02. The lowest BCUT2D eigenvalue weighted by atomic mass is 10.2. The Morgan fingerprint density at radius 2 is 1.90 bits per heavy atom. The molecule has 0 aliphatic rings. The molecule has 21 heavy (non-hydrogen) atoms. The van der Waals surface area contributed by atoms with Gasteiger partial charge < -0.3 is 10.1 Å². The van der Waals surface area contributed by atoms with Crippen LogP contribution in [-0.4, -0.2) is 22.3 Å². The number of pyridine rings is 1. The molecule has 0 unspecified atom stereocenters. The average Bonchev–Trinajstić information content (AvgIpc) is 2.55. The third-order valence-corrected chi connectivity index (χ3v) is 3.39. The van der Waals surface area contributed by atoms with Gasteiger partial charge in [0.15, 0.2) is 11.0 Å². The largest absolute Gasteiger partial charge is 0.481 e. The van der Waals surface area contributed by atoms with Crippen LogP contribution in [0.15, 0.2) is 42.6 Å². The van der Waals surface area contributed by atoms with Gasteiger partial charge >= 0.3 is 0 Å². The van der Waals surface area contributed by atoms with Crippen LogP contribution >= 0.6 is 11.6 Å². The molecular weight excluding hydrogens is 288 g/mol. The number of nitrogens with one attached hydrogen (secondary N) is 1. The summed E-state index contributed by atoms with van der Waals surface area (Å²) in [6.45, 7) is 0.595. The van der Waals surface area contributed by atoms with Crippen molar-refractivity contribution in [3.8, 4) is 5.88 Å². The Morgan fingerprint density at radius 3 is 2.62 bits per heavy atom. The van der Waals surface area contributed by atoms with Gasteiger partial charge in [-0.15, -0.1) is 10.2 Å². The number of hydrogen-bond acceptors (Lipinski definition) is 5. The topological polar surface area (TPSA) is 59.9 Å². The van der Waals surface area contributed by atoms with Crippen molar-refractivity contribution in [2.24, 2.45) is 0 Å². The van der Waals surface area contributed by atoms with Crippen LogP contribution in [-0.2, 0) is 6.54 Å². The van der Waals surface area contributed by atoms with E-state index in [1.807, 2.05) is 36.4 Å². The van der Waals surface area contributed by atoms with Gasteiger partial charge in [-0.25, -0.2) is 4.98 Å². The lowest BCUT2D eigenvalue weighted by Crippen LogP contribution is -2.04. The summed E-state index contributed by atoms with van der Waals surface area (Å²) >= 11 is 6.05. The molecule has 0 aliphatic heterocycles. The van der Waals surface area contributed by atoms with Gasteiger partial charge in [0.05, 0.1) is 7.11 Å². The summed E-state index contributed by atoms with van der Waals surface area (Å²) in [5.41, 5.74) is 1.02. The molecule has 3 rings (SSSR count). The van der Waals surface area contributed by atoms with Gasteiger partial charge in [0.2, 0.25) is 5.88 Å². The number of methoxy groups -OCH3 is 1. The van der Waals surface area contributed by atoms with E-state index in [1.54, 1.807) is 13.3 Å². The molecule has 3 aromatic rings. The Labute approximate surface area is 126 Å². The van der Waals surface area contributed by atoms with Crippen molar-refractivity contribution >= 4 is 28.2 Å². The molecule has 0 bridgehead atoms. The molecule has 1 N–H and O–H groups in total. The molecular formula is C15H13ClN4O. The quantitative estimate of drug-likeness (QED) is 0.801. The minimum absolute atomic E-state index is 0.405. The van der Waals surface area contributed by atoms with Crippen LogP contribution in [0, 0.1) is 0 Å². The van der Waals surface area contributed by atoms with Gasteiger partial charge in [-0.1, -0.05) is 41.9 Å². The maximum absolute atomic E-state index is 6.05. The minimum atomic E-state index is 0.405. The number of nitrogens with zero attached hydrogens (tertiary/aromatic N) is 3. The number of benzene rings is 1. The van der Waals surface area contributed by atoms with Crippen molar-refractivity contribution in [2.45, 2.75) is 6.54 Å². The summed E-state index contributed by atoms with van der Waals surface area (Å²) in [4.78, 5) is 4.17. The lowest BCUT2D eigenvalue weighted by Gasteiger charge is -2.09. The molecule has 1 aromatic carbocycles. The van der Waals surface area contributed by atoms with Crippen LogP contribution in [0.5, 0.6) is 5.88 Å². The highest BCUT2D eigenvalue weighted by molar-refractivity contribution is 6.34. The van der Waals surface area contributed by atoms with E-state index < -0.39 is 0 Å². The number of hydrogen-bond donors (Lipinski definition) is 1. The first-order chi connectivity index (χ1) is 10.3. The molecule has 0 amide bonds. The van der Waals surface area contributed by atoms with E-state index in [0.717, 1.165) is 16.3 Å². The smallest absolute Gasteiger partial charge is 0.212 e. The van der Waals surface area contributed by atoms with Gasteiger partial charge in [-0.3, -0.25) is 0 Å². The van der Waals surface area contributed by atoms with Crippen molar-refractivity contribution in [1.29, 1.82) is 0 Å². The number of aromatic nitrogens is 3. The van der Waals surface area contributed by atoms with Crippen LogP contribution in [0.25, 0.3) is 10.8 Å². The summed E-state index contributed by atoms with van der Waals surface area (Å²) in [5, 5.41) is 13.6. The standard InChI is InChI=1S/C15H13ClN4O/c1-21-13-7-6-10(8-17-13)9-18-15-12-5-3-2-4-11(12)14(16)19-20-15/h2-8H,9H2,1H3,(H,18,20). The molecule has 0 atom stereocenters. The summed E-state index contributed by atoms with van der Waals surface area (Å²) in [5.74, 6) is 1.29. The molecule has 0 radical (unpaired) electrons. The first kappa shape index (κ1) is 13.6. The van der Waals surface area contributed by atoms with E-state index in [0.29, 0.717) is 23.4 Å². The van der Waals surface area contributed by atoms with Crippen LogP contribution < -0.4 is 10.1 Å². The SMILES string of the molecule is COc1ccc(CNc2nnc(Cl)c3ccccc23)cn1. The molecule has 5 nitrogen and oxygen atoms in total. The van der Waals surface area contributed by atoms with E-state index in [-0.39, 0.29) is 0 Å². The molecule has 2 heterocycles. The summed E-state index contributed by atoms with van der Waals surface area (Å²) < 4.78 is 5.03. The van der Waals surface area contributed by atoms with E-state index >= 15 is 0 Å². The first-order valence-corrected chi connectivity index (χ1v) is 6.79. The highest BCUT2D eigenvalue weighted by atomic mass is 35.5. The number of fused-ring (bicyclic) bond motifs is 1. The zero-order valence-electron chi connectivity index (χ0n) is 11.4. The highest BCUT2D eigenvalue weighted by Gasteiger charge is 2.07. The van der Waals surface area contributed by atoms with Crippen molar-refractivity contribution < 1.29 is 4.74 Å². The van der Waals surface area contributed by atoms with Gasteiger partial charge in [0.1, 0.15) is 0 Å². The van der Waals surface area contributed by atoms with E-state index in [2.05, 4.69) is 20.5 Å². The monoisotopic (exact) mass is 300 g/mol. The number of ether oxygens (including phenoxy) is 1. The predicted molar refractivity (Wildman–Crippen MR) is 82.7 cm³/mol. The van der Waals surface area contributed by atoms with Crippen LogP contribution in [0.4, 0.5) is 5.82 Å². The Kier molecular flexibility index (Phi) is 3.83. The second-order valence-electron chi connectivity index (χ2n) is 4.45. The van der Waals surface area contributed by atoms with E-state index in [1.165, 1.54) is 0 Å². The lowest BCUT2D eigenvalue weighted by molar-refractivity contribution is 0.397. The van der Waals surface area contributed by atoms with Gasteiger partial charge in [-0.05, 0) is 5.56 Å². The second-order valence-corrected chi connectivity index (χ2v) is 4.81. The second kappa shape index (κ2) is 5.93. The third kappa shape index (κ3) is 2.87. The molecule has 106 valence electrons. The van der Waals surface area contributed by atoms with E-state index in [9.17, 15) is 0 Å². The van der Waals surface area contributed by atoms with Crippen molar-refractivity contribution in [2.75, 3.05) is 12.4 Å². The molecule has 0 spiro atoms. The molecule has 0 saturated carbocycles. The van der Waals surface area contributed by atoms with Crippen molar-refractivity contribution in [1.82, 2.24) is 15.2 Å². The first-order valence-electron chi connectivity index (χ1n) is 6.41. The Hall–Kier alpha value is -2.40. The van der Waals surface area contributed by atoms with Crippen LogP contribution in [0.1, 0.15) is 5.56 Å². The minimum Gasteiger partial charge on any atom is -0.481 e.